The summed E-state index contributed by atoms with van der Waals surface area (Å²) in [5, 5.41) is 7.11. The minimum absolute atomic E-state index is 0.0165. The Hall–Kier alpha value is -2.72. The van der Waals surface area contributed by atoms with E-state index in [4.69, 9.17) is 12.2 Å². The number of aromatic nitrogens is 1. The van der Waals surface area contributed by atoms with Gasteiger partial charge in [0.2, 0.25) is 0 Å². The average molecular weight is 333 g/mol. The van der Waals surface area contributed by atoms with Gasteiger partial charge < -0.3 is 10.6 Å². The number of nitrogens with one attached hydrogen (secondary N) is 2. The van der Waals surface area contributed by atoms with Crippen molar-refractivity contribution < 1.29 is 0 Å². The van der Waals surface area contributed by atoms with Gasteiger partial charge >= 0.3 is 0 Å². The summed E-state index contributed by atoms with van der Waals surface area (Å²) >= 11 is 5.49. The monoisotopic (exact) mass is 333 g/mol. The smallest absolute Gasteiger partial charge is 0.172 e. The van der Waals surface area contributed by atoms with E-state index in [1.807, 2.05) is 61.5 Å². The van der Waals surface area contributed by atoms with Crippen molar-refractivity contribution in [2.75, 3.05) is 5.32 Å². The van der Waals surface area contributed by atoms with Crippen molar-refractivity contribution in [3.8, 4) is 0 Å². The topological polar surface area (TPSA) is 37.0 Å². The van der Waals surface area contributed by atoms with Gasteiger partial charge in [-0.1, -0.05) is 66.7 Å². The average Bonchev–Trinajstić information content (AvgIpc) is 2.61. The second-order valence-corrected chi connectivity index (χ2v) is 5.93. The summed E-state index contributed by atoms with van der Waals surface area (Å²) in [4.78, 5) is 4.43. The number of hydrogen-bond donors (Lipinski definition) is 2. The fraction of sp³-hybridized carbons (Fsp3) is 0.100. The van der Waals surface area contributed by atoms with Crippen LogP contribution in [-0.4, -0.2) is 10.1 Å². The maximum absolute atomic E-state index is 5.49. The molecule has 0 aliphatic rings. The summed E-state index contributed by atoms with van der Waals surface area (Å²) in [7, 11) is 0. The second kappa shape index (κ2) is 7.70. The fourth-order valence-electron chi connectivity index (χ4n) is 2.55. The lowest BCUT2D eigenvalue weighted by Gasteiger charge is -2.22. The Morgan fingerprint density at radius 3 is 1.96 bits per heavy atom. The molecule has 0 amide bonds. The Kier molecular flexibility index (Phi) is 5.18. The lowest BCUT2D eigenvalue weighted by atomic mass is 9.99. The highest BCUT2D eigenvalue weighted by Crippen LogP contribution is 2.21. The van der Waals surface area contributed by atoms with Gasteiger partial charge in [0.25, 0.3) is 0 Å². The number of benzene rings is 2. The first kappa shape index (κ1) is 16.1. The molecule has 0 aliphatic heterocycles. The summed E-state index contributed by atoms with van der Waals surface area (Å²) in [6, 6.07) is 26.3. The number of rotatable bonds is 4. The quantitative estimate of drug-likeness (QED) is 0.691. The zero-order chi connectivity index (χ0) is 16.8. The molecule has 0 spiro atoms. The third-order valence-corrected chi connectivity index (χ3v) is 3.89. The Bertz CT molecular complexity index is 764. The molecule has 2 aromatic carbocycles. The largest absolute Gasteiger partial charge is 0.351 e. The molecule has 120 valence electrons. The highest BCUT2D eigenvalue weighted by Gasteiger charge is 2.14. The van der Waals surface area contributed by atoms with Crippen molar-refractivity contribution in [3.63, 3.8) is 0 Å². The minimum Gasteiger partial charge on any atom is -0.351 e. The van der Waals surface area contributed by atoms with Gasteiger partial charge in [0.15, 0.2) is 5.11 Å². The number of aryl methyl sites for hydroxylation is 1. The standard InChI is InChI=1S/C20H19N3S/c1-15-9-8-14-18(21-15)22-20(24)23-19(16-10-4-2-5-11-16)17-12-6-3-7-13-17/h2-14,19H,1H3,(H2,21,22,23,24). The van der Waals surface area contributed by atoms with Crippen LogP contribution in [0.2, 0.25) is 0 Å². The first-order valence-electron chi connectivity index (χ1n) is 7.83. The molecule has 0 unspecified atom stereocenters. The Morgan fingerprint density at radius 1 is 0.833 bits per heavy atom. The first-order valence-corrected chi connectivity index (χ1v) is 8.24. The minimum atomic E-state index is -0.0165. The molecule has 4 heteroatoms. The Balaban J connectivity index is 1.80. The number of hydrogen-bond acceptors (Lipinski definition) is 2. The molecule has 0 radical (unpaired) electrons. The SMILES string of the molecule is Cc1cccc(NC(=S)NC(c2ccccc2)c2ccccc2)n1. The van der Waals surface area contributed by atoms with Crippen molar-refractivity contribution in [2.45, 2.75) is 13.0 Å². The van der Waals surface area contributed by atoms with Crippen LogP contribution in [-0.2, 0) is 0 Å². The lowest BCUT2D eigenvalue weighted by Crippen LogP contribution is -2.33. The van der Waals surface area contributed by atoms with E-state index in [2.05, 4.69) is 39.9 Å². The maximum atomic E-state index is 5.49. The van der Waals surface area contributed by atoms with Crippen molar-refractivity contribution in [2.24, 2.45) is 0 Å². The molecular weight excluding hydrogens is 314 g/mol. The molecule has 0 bridgehead atoms. The van der Waals surface area contributed by atoms with Crippen LogP contribution in [0, 0.1) is 6.92 Å². The highest BCUT2D eigenvalue weighted by molar-refractivity contribution is 7.80. The molecule has 24 heavy (non-hydrogen) atoms. The number of pyridine rings is 1. The van der Waals surface area contributed by atoms with E-state index < -0.39 is 0 Å². The van der Waals surface area contributed by atoms with Crippen molar-refractivity contribution in [3.05, 3.63) is 95.7 Å². The third kappa shape index (κ3) is 4.18. The van der Waals surface area contributed by atoms with Crippen molar-refractivity contribution in [1.82, 2.24) is 10.3 Å². The van der Waals surface area contributed by atoms with Gasteiger partial charge in [-0.25, -0.2) is 4.98 Å². The van der Waals surface area contributed by atoms with E-state index in [1.54, 1.807) is 0 Å². The molecule has 3 nitrogen and oxygen atoms in total. The van der Waals surface area contributed by atoms with Crippen LogP contribution in [0.1, 0.15) is 22.9 Å². The van der Waals surface area contributed by atoms with E-state index >= 15 is 0 Å². The van der Waals surface area contributed by atoms with Gasteiger partial charge in [0, 0.05) is 5.69 Å². The lowest BCUT2D eigenvalue weighted by molar-refractivity contribution is 0.768. The molecule has 2 N–H and O–H groups in total. The highest BCUT2D eigenvalue weighted by atomic mass is 32.1. The van der Waals surface area contributed by atoms with E-state index in [-0.39, 0.29) is 6.04 Å². The zero-order valence-electron chi connectivity index (χ0n) is 13.4. The van der Waals surface area contributed by atoms with Crippen LogP contribution in [0.3, 0.4) is 0 Å². The normalized spacial score (nSPS) is 10.4. The van der Waals surface area contributed by atoms with Gasteiger partial charge in [-0.15, -0.1) is 0 Å². The van der Waals surface area contributed by atoms with E-state index in [0.717, 1.165) is 22.6 Å². The third-order valence-electron chi connectivity index (χ3n) is 3.67. The molecule has 3 aromatic rings. The first-order chi connectivity index (χ1) is 11.7. The van der Waals surface area contributed by atoms with Gasteiger partial charge in [-0.05, 0) is 42.4 Å². The van der Waals surface area contributed by atoms with E-state index in [9.17, 15) is 0 Å². The van der Waals surface area contributed by atoms with Crippen LogP contribution < -0.4 is 10.6 Å². The fourth-order valence-corrected chi connectivity index (χ4v) is 2.77. The maximum Gasteiger partial charge on any atom is 0.172 e. The van der Waals surface area contributed by atoms with E-state index in [1.165, 1.54) is 0 Å². The molecule has 3 rings (SSSR count). The van der Waals surface area contributed by atoms with Gasteiger partial charge in [-0.2, -0.15) is 0 Å². The predicted molar refractivity (Wildman–Crippen MR) is 103 cm³/mol. The molecule has 0 saturated carbocycles. The predicted octanol–water partition coefficient (Wildman–Crippen LogP) is 4.47. The molecule has 1 heterocycles. The van der Waals surface area contributed by atoms with Crippen LogP contribution >= 0.6 is 12.2 Å². The summed E-state index contributed by atoms with van der Waals surface area (Å²) in [6.45, 7) is 1.96. The second-order valence-electron chi connectivity index (χ2n) is 5.52. The van der Waals surface area contributed by atoms with Crippen molar-refractivity contribution in [1.29, 1.82) is 0 Å². The molecule has 0 fully saturated rings. The van der Waals surface area contributed by atoms with Gasteiger partial charge in [-0.3, -0.25) is 0 Å². The van der Waals surface area contributed by atoms with Crippen LogP contribution in [0.4, 0.5) is 5.82 Å². The summed E-state index contributed by atoms with van der Waals surface area (Å²) in [6.07, 6.45) is 0. The van der Waals surface area contributed by atoms with Crippen LogP contribution in [0.5, 0.6) is 0 Å². The molecule has 0 atom stereocenters. The molecule has 0 aliphatic carbocycles. The summed E-state index contributed by atoms with van der Waals surface area (Å²) in [5.74, 6) is 0.743. The van der Waals surface area contributed by atoms with Crippen LogP contribution in [0.15, 0.2) is 78.9 Å². The summed E-state index contributed by atoms with van der Waals surface area (Å²) in [5.41, 5.74) is 3.26. The number of thiocarbonyl (C=S) groups is 1. The Morgan fingerprint density at radius 2 is 1.42 bits per heavy atom. The molecule has 1 aromatic heterocycles. The van der Waals surface area contributed by atoms with Crippen molar-refractivity contribution >= 4 is 23.1 Å². The van der Waals surface area contributed by atoms with E-state index in [0.29, 0.717) is 5.11 Å². The summed E-state index contributed by atoms with van der Waals surface area (Å²) < 4.78 is 0. The van der Waals surface area contributed by atoms with Gasteiger partial charge in [0.1, 0.15) is 5.82 Å². The number of anilines is 1. The molecular formula is C20H19N3S. The zero-order valence-corrected chi connectivity index (χ0v) is 14.3. The van der Waals surface area contributed by atoms with Gasteiger partial charge in [0.05, 0.1) is 6.04 Å². The Labute approximate surface area is 147 Å². The van der Waals surface area contributed by atoms with Crippen LogP contribution in [0.25, 0.3) is 0 Å². The molecule has 0 saturated heterocycles. The number of nitrogens with zero attached hydrogens (tertiary/aromatic N) is 1.